The van der Waals surface area contributed by atoms with Crippen molar-refractivity contribution in [2.24, 2.45) is 0 Å². The Labute approximate surface area is 373 Å². The fourth-order valence-electron chi connectivity index (χ4n) is 9.40. The largest absolute Gasteiger partial charge is 0.434 e. The zero-order chi connectivity index (χ0) is 42.8. The third-order valence-corrected chi connectivity index (χ3v) is 12.4. The first-order valence-corrected chi connectivity index (χ1v) is 21.7. The van der Waals surface area contributed by atoms with Gasteiger partial charge in [0.15, 0.2) is 17.2 Å². The lowest BCUT2D eigenvalue weighted by atomic mass is 9.98. The van der Waals surface area contributed by atoms with Gasteiger partial charge in [0.05, 0.1) is 27.8 Å². The highest BCUT2D eigenvalue weighted by Gasteiger charge is 2.25. The molecule has 0 amide bonds. The van der Waals surface area contributed by atoms with Gasteiger partial charge in [-0.2, -0.15) is 9.97 Å². The number of rotatable bonds is 7. The van der Waals surface area contributed by atoms with E-state index >= 15 is 0 Å². The molecule has 0 N–H and O–H groups in total. The van der Waals surface area contributed by atoms with Crippen molar-refractivity contribution < 1.29 is 4.42 Å². The van der Waals surface area contributed by atoms with E-state index in [1.54, 1.807) is 0 Å². The van der Waals surface area contributed by atoms with Crippen molar-refractivity contribution in [3.05, 3.63) is 218 Å². The average Bonchev–Trinajstić information content (AvgIpc) is 4.08. The molecule has 0 aliphatic heterocycles. The molecule has 0 spiro atoms. The lowest BCUT2D eigenvalue weighted by Gasteiger charge is -2.13. The van der Waals surface area contributed by atoms with Crippen LogP contribution in [0.5, 0.6) is 0 Å². The fourth-order valence-corrected chi connectivity index (χ4v) is 9.40. The van der Waals surface area contributed by atoms with Crippen LogP contribution in [0.2, 0.25) is 0 Å². The molecule has 0 unspecified atom stereocenters. The summed E-state index contributed by atoms with van der Waals surface area (Å²) in [5.74, 6) is 2.29. The molecule has 7 nitrogen and oxygen atoms in total. The normalized spacial score (nSPS) is 11.7. The van der Waals surface area contributed by atoms with Gasteiger partial charge in [-0.1, -0.05) is 176 Å². The van der Waals surface area contributed by atoms with Crippen LogP contribution in [0.25, 0.3) is 123 Å². The van der Waals surface area contributed by atoms with Gasteiger partial charge in [-0.05, 0) is 64.7 Å². The molecule has 0 fully saturated rings. The predicted molar refractivity (Wildman–Crippen MR) is 263 cm³/mol. The van der Waals surface area contributed by atoms with E-state index in [0.29, 0.717) is 29.1 Å². The first-order chi connectivity index (χ1) is 32.2. The smallest absolute Gasteiger partial charge is 0.238 e. The van der Waals surface area contributed by atoms with Gasteiger partial charge >= 0.3 is 0 Å². The van der Waals surface area contributed by atoms with Crippen LogP contribution < -0.4 is 0 Å². The molecular weight excluding hydrogens is 797 g/mol. The zero-order valence-corrected chi connectivity index (χ0v) is 34.9. The van der Waals surface area contributed by atoms with Gasteiger partial charge in [0, 0.05) is 38.2 Å². The summed E-state index contributed by atoms with van der Waals surface area (Å²) in [5.41, 5.74) is 13.8. The van der Waals surface area contributed by atoms with E-state index in [0.717, 1.165) is 82.6 Å². The highest BCUT2D eigenvalue weighted by atomic mass is 16.3. The van der Waals surface area contributed by atoms with Crippen LogP contribution in [0.4, 0.5) is 0 Å². The summed E-state index contributed by atoms with van der Waals surface area (Å²) in [6.07, 6.45) is 0. The molecule has 9 aromatic carbocycles. The maximum Gasteiger partial charge on any atom is 0.238 e. The Kier molecular flexibility index (Phi) is 8.39. The minimum absolute atomic E-state index is 0.531. The molecule has 13 rings (SSSR count). The van der Waals surface area contributed by atoms with Crippen molar-refractivity contribution in [2.45, 2.75) is 0 Å². The van der Waals surface area contributed by atoms with Crippen molar-refractivity contribution in [2.75, 3.05) is 0 Å². The summed E-state index contributed by atoms with van der Waals surface area (Å²) < 4.78 is 11.4. The molecule has 7 heteroatoms. The van der Waals surface area contributed by atoms with E-state index in [9.17, 15) is 0 Å². The number of hydrogen-bond acceptors (Lipinski definition) is 5. The first-order valence-electron chi connectivity index (χ1n) is 21.7. The average molecular weight is 833 g/mol. The number of oxazole rings is 1. The van der Waals surface area contributed by atoms with Crippen LogP contribution in [-0.4, -0.2) is 29.1 Å². The molecule has 0 bridgehead atoms. The molecule has 4 heterocycles. The second-order valence-corrected chi connectivity index (χ2v) is 16.2. The maximum atomic E-state index is 6.87. The van der Waals surface area contributed by atoms with Crippen LogP contribution in [0, 0.1) is 0 Å². The molecule has 0 saturated carbocycles. The van der Waals surface area contributed by atoms with Crippen LogP contribution >= 0.6 is 0 Å². The van der Waals surface area contributed by atoms with Gasteiger partial charge in [0.25, 0.3) is 0 Å². The van der Waals surface area contributed by atoms with Gasteiger partial charge in [0.1, 0.15) is 5.52 Å². The van der Waals surface area contributed by atoms with E-state index in [1.165, 1.54) is 11.1 Å². The summed E-state index contributed by atoms with van der Waals surface area (Å²) in [5, 5.41) is 4.40. The number of para-hydroxylation sites is 3. The molecule has 65 heavy (non-hydrogen) atoms. The SMILES string of the molecule is c1ccc(-c2cccc(-c3ccc(-c4nc5cccc(-n6c7ccccc7c7ccc8c9ccccc9n(-c9nc(-c%10ccccc%10)nc(-c%10ccccc%10)n9)c8c76)c5o4)cc3)c2)cc1. The van der Waals surface area contributed by atoms with Gasteiger partial charge in [0.2, 0.25) is 11.8 Å². The Bertz CT molecular complexity index is 3870. The van der Waals surface area contributed by atoms with Crippen molar-refractivity contribution >= 4 is 54.7 Å². The maximum absolute atomic E-state index is 6.87. The van der Waals surface area contributed by atoms with Gasteiger partial charge in [-0.25, -0.2) is 9.97 Å². The molecule has 0 atom stereocenters. The van der Waals surface area contributed by atoms with Crippen molar-refractivity contribution in [1.29, 1.82) is 0 Å². The summed E-state index contributed by atoms with van der Waals surface area (Å²) in [4.78, 5) is 20.7. The summed E-state index contributed by atoms with van der Waals surface area (Å²) in [7, 11) is 0. The monoisotopic (exact) mass is 832 g/mol. The zero-order valence-electron chi connectivity index (χ0n) is 34.9. The van der Waals surface area contributed by atoms with Crippen LogP contribution in [0.1, 0.15) is 0 Å². The summed E-state index contributed by atoms with van der Waals surface area (Å²) >= 11 is 0. The Morgan fingerprint density at radius 2 is 0.800 bits per heavy atom. The molecular formula is C58H36N6O. The van der Waals surface area contributed by atoms with Crippen molar-refractivity contribution in [3.8, 4) is 68.1 Å². The van der Waals surface area contributed by atoms with Crippen LogP contribution in [0.15, 0.2) is 223 Å². The van der Waals surface area contributed by atoms with Gasteiger partial charge < -0.3 is 8.98 Å². The second-order valence-electron chi connectivity index (χ2n) is 16.2. The second kappa shape index (κ2) is 14.9. The third-order valence-electron chi connectivity index (χ3n) is 12.4. The van der Waals surface area contributed by atoms with E-state index < -0.39 is 0 Å². The quantitative estimate of drug-likeness (QED) is 0.160. The number of fused-ring (bicyclic) bond motifs is 8. The molecule has 0 aliphatic rings. The Balaban J connectivity index is 1.02. The number of nitrogens with zero attached hydrogens (tertiary/aromatic N) is 6. The Morgan fingerprint density at radius 3 is 1.42 bits per heavy atom. The van der Waals surface area contributed by atoms with Gasteiger partial charge in [-0.3, -0.25) is 4.57 Å². The van der Waals surface area contributed by atoms with Crippen molar-refractivity contribution in [3.63, 3.8) is 0 Å². The van der Waals surface area contributed by atoms with Crippen molar-refractivity contribution in [1.82, 2.24) is 29.1 Å². The summed E-state index contributed by atoms with van der Waals surface area (Å²) in [6.45, 7) is 0. The lowest BCUT2D eigenvalue weighted by Crippen LogP contribution is -2.07. The Morgan fingerprint density at radius 1 is 0.323 bits per heavy atom. The molecule has 0 saturated heterocycles. The lowest BCUT2D eigenvalue weighted by molar-refractivity contribution is 0.618. The standard InChI is InChI=1S/C58H36N6O/c1-4-16-37(17-5-1)42-22-14-23-43(36-42)38-30-32-41(33-31-38)57-59-48-26-15-29-51(54(48)65-57)63-49-27-12-10-24-44(49)46-34-35-47-45-25-11-13-28-50(45)64(53(47)52(46)63)58-61-55(39-18-6-2-7-19-39)60-56(62-58)40-20-8-3-9-21-40/h1-36H. The van der Waals surface area contributed by atoms with E-state index in [1.807, 2.05) is 72.8 Å². The first kappa shape index (κ1) is 36.7. The van der Waals surface area contributed by atoms with E-state index in [2.05, 4.69) is 155 Å². The highest BCUT2D eigenvalue weighted by Crippen LogP contribution is 2.43. The minimum Gasteiger partial charge on any atom is -0.434 e. The third kappa shape index (κ3) is 6.05. The minimum atomic E-state index is 0.531. The molecule has 304 valence electrons. The molecule has 4 aromatic heterocycles. The van der Waals surface area contributed by atoms with E-state index in [-0.39, 0.29) is 0 Å². The van der Waals surface area contributed by atoms with E-state index in [4.69, 9.17) is 24.4 Å². The topological polar surface area (TPSA) is 74.6 Å². The summed E-state index contributed by atoms with van der Waals surface area (Å²) in [6, 6.07) is 75.6. The molecule has 0 radical (unpaired) electrons. The molecule has 0 aliphatic carbocycles. The Hall–Kier alpha value is -8.94. The number of hydrogen-bond donors (Lipinski definition) is 0. The van der Waals surface area contributed by atoms with Gasteiger partial charge in [-0.15, -0.1) is 0 Å². The molecule has 13 aromatic rings. The predicted octanol–water partition coefficient (Wildman–Crippen LogP) is 14.5. The fraction of sp³-hybridized carbons (Fsp3) is 0. The number of benzene rings is 9. The van der Waals surface area contributed by atoms with Crippen LogP contribution in [-0.2, 0) is 0 Å². The van der Waals surface area contributed by atoms with Crippen LogP contribution in [0.3, 0.4) is 0 Å². The highest BCUT2D eigenvalue weighted by molar-refractivity contribution is 6.24. The number of aromatic nitrogens is 6.